The number of hydrogen-bond acceptors (Lipinski definition) is 9. The maximum atomic E-state index is 14.0. The molecule has 3 fully saturated rings. The number of benzene rings is 1. The predicted octanol–water partition coefficient (Wildman–Crippen LogP) is 5.60. The van der Waals surface area contributed by atoms with Gasteiger partial charge in [-0.25, -0.2) is 23.0 Å². The number of nitrogens with one attached hydrogen (secondary N) is 1. The Morgan fingerprint density at radius 1 is 1.02 bits per heavy atom. The molecule has 3 aliphatic rings. The first-order valence-corrected chi connectivity index (χ1v) is 19.0. The SMILES string of the molecule is CC(C)(C)OC(=O)N[C@H]1CCN(c2ccc(S(=O)(=O)N3CC(=O)N(c4cc(-c5ccccc5)sc4C(=O)O)[C@H](C4CCCCC4)C3)cn2)C1. The normalized spacial score (nSPS) is 21.2. The van der Waals surface area contributed by atoms with E-state index in [9.17, 15) is 27.9 Å². The van der Waals surface area contributed by atoms with Crippen LogP contribution >= 0.6 is 11.3 Å². The first kappa shape index (κ1) is 34.8. The van der Waals surface area contributed by atoms with E-state index in [2.05, 4.69) is 10.3 Å². The molecule has 2 aromatic heterocycles. The van der Waals surface area contributed by atoms with Crippen LogP contribution in [0, 0.1) is 5.92 Å². The van der Waals surface area contributed by atoms with Crippen LogP contribution in [0.5, 0.6) is 0 Å². The number of amides is 2. The molecule has 12 nitrogen and oxygen atoms in total. The summed E-state index contributed by atoms with van der Waals surface area (Å²) in [4.78, 5) is 47.5. The lowest BCUT2D eigenvalue weighted by atomic mass is 9.82. The Bertz CT molecular complexity index is 1780. The zero-order chi connectivity index (χ0) is 34.9. The van der Waals surface area contributed by atoms with Gasteiger partial charge in [0.05, 0.1) is 24.3 Å². The van der Waals surface area contributed by atoms with Crippen molar-refractivity contribution in [3.8, 4) is 10.4 Å². The number of thiophene rings is 1. The van der Waals surface area contributed by atoms with Crippen LogP contribution in [0.25, 0.3) is 10.4 Å². The Morgan fingerprint density at radius 2 is 1.76 bits per heavy atom. The van der Waals surface area contributed by atoms with Gasteiger partial charge >= 0.3 is 12.1 Å². The summed E-state index contributed by atoms with van der Waals surface area (Å²) in [5, 5.41) is 13.1. The third-order valence-electron chi connectivity index (χ3n) is 9.31. The van der Waals surface area contributed by atoms with Crippen molar-refractivity contribution in [2.45, 2.75) is 81.9 Å². The maximum absolute atomic E-state index is 14.0. The number of nitrogens with zero attached hydrogens (tertiary/aromatic N) is 4. The van der Waals surface area contributed by atoms with E-state index in [1.807, 2.05) is 35.2 Å². The summed E-state index contributed by atoms with van der Waals surface area (Å²) >= 11 is 1.12. The summed E-state index contributed by atoms with van der Waals surface area (Å²) in [7, 11) is -4.10. The molecule has 1 aromatic carbocycles. The van der Waals surface area contributed by atoms with Crippen molar-refractivity contribution in [1.29, 1.82) is 0 Å². The molecule has 262 valence electrons. The highest BCUT2D eigenvalue weighted by atomic mass is 32.2. The quantitative estimate of drug-likeness (QED) is 0.305. The van der Waals surface area contributed by atoms with Gasteiger partial charge in [-0.05, 0) is 69.7 Å². The topological polar surface area (TPSA) is 149 Å². The lowest BCUT2D eigenvalue weighted by Gasteiger charge is -2.44. The largest absolute Gasteiger partial charge is 0.477 e. The number of hydrogen-bond donors (Lipinski definition) is 2. The lowest BCUT2D eigenvalue weighted by Crippen LogP contribution is -2.60. The van der Waals surface area contributed by atoms with Crippen molar-refractivity contribution >= 4 is 50.8 Å². The van der Waals surface area contributed by atoms with Crippen molar-refractivity contribution in [1.82, 2.24) is 14.6 Å². The Kier molecular flexibility index (Phi) is 10.0. The van der Waals surface area contributed by atoms with Gasteiger partial charge in [-0.3, -0.25) is 4.79 Å². The van der Waals surface area contributed by atoms with Gasteiger partial charge in [0.2, 0.25) is 15.9 Å². The number of carboxylic acids is 1. The number of ether oxygens (including phenoxy) is 1. The second-order valence-corrected chi connectivity index (χ2v) is 16.9. The maximum Gasteiger partial charge on any atom is 0.407 e. The Labute approximate surface area is 291 Å². The van der Waals surface area contributed by atoms with Crippen molar-refractivity contribution in [2.75, 3.05) is 36.0 Å². The van der Waals surface area contributed by atoms with Crippen LogP contribution in [0.3, 0.4) is 0 Å². The molecule has 6 rings (SSSR count). The predicted molar refractivity (Wildman–Crippen MR) is 188 cm³/mol. The van der Waals surface area contributed by atoms with Gasteiger partial charge in [0.25, 0.3) is 0 Å². The van der Waals surface area contributed by atoms with Crippen LogP contribution in [0.2, 0.25) is 0 Å². The van der Waals surface area contributed by atoms with Crippen LogP contribution in [0.1, 0.15) is 69.0 Å². The Morgan fingerprint density at radius 3 is 2.41 bits per heavy atom. The molecule has 0 spiro atoms. The summed E-state index contributed by atoms with van der Waals surface area (Å²) in [5.74, 6) is -0.962. The third-order valence-corrected chi connectivity index (χ3v) is 12.3. The minimum atomic E-state index is -4.10. The fraction of sp³-hybridized carbons (Fsp3) is 0.486. The number of piperazine rings is 1. The number of carbonyl (C=O) groups excluding carboxylic acids is 2. The number of alkyl carbamates (subject to hydrolysis) is 1. The van der Waals surface area contributed by atoms with Gasteiger partial charge < -0.3 is 25.0 Å². The molecule has 49 heavy (non-hydrogen) atoms. The number of rotatable bonds is 8. The van der Waals surface area contributed by atoms with Gasteiger partial charge in [0, 0.05) is 30.7 Å². The zero-order valence-electron chi connectivity index (χ0n) is 28.0. The highest BCUT2D eigenvalue weighted by molar-refractivity contribution is 7.89. The average Bonchev–Trinajstić information content (AvgIpc) is 3.72. The van der Waals surface area contributed by atoms with E-state index in [4.69, 9.17) is 4.74 Å². The molecule has 2 atom stereocenters. The summed E-state index contributed by atoms with van der Waals surface area (Å²) in [6.07, 6.45) is 6.20. The fourth-order valence-electron chi connectivity index (χ4n) is 7.02. The molecule has 14 heteroatoms. The number of anilines is 2. The fourth-order valence-corrected chi connectivity index (χ4v) is 9.37. The number of aromatic nitrogens is 1. The standard InChI is InChI=1S/C35H43N5O7S2/c1-35(2,3)47-34(44)37-25-16-17-38(20-25)30-15-14-26(19-36-30)49(45,46)39-21-28(23-10-6-4-7-11-23)40(31(41)22-39)27-18-29(48-32(27)33(42)43)24-12-8-5-9-13-24/h5,8-9,12-15,18-19,23,25,28H,4,6-7,10-11,16-17,20-22H2,1-3H3,(H,37,44)(H,42,43)/t25-,28-/m0/s1. The molecule has 0 unspecified atom stereocenters. The third kappa shape index (κ3) is 7.76. The zero-order valence-corrected chi connectivity index (χ0v) is 29.6. The molecule has 3 aromatic rings. The number of carboxylic acid groups (broad SMARTS) is 1. The minimum Gasteiger partial charge on any atom is -0.477 e. The second kappa shape index (κ2) is 14.1. The Balaban J connectivity index is 1.22. The molecule has 2 amide bonds. The molecular weight excluding hydrogens is 667 g/mol. The molecular formula is C35H43N5O7S2. The molecule has 2 saturated heterocycles. The molecule has 2 N–H and O–H groups in total. The number of pyridine rings is 1. The summed E-state index contributed by atoms with van der Waals surface area (Å²) in [6.45, 7) is 6.20. The van der Waals surface area contributed by atoms with E-state index in [0.29, 0.717) is 31.0 Å². The van der Waals surface area contributed by atoms with Crippen LogP contribution in [0.15, 0.2) is 59.6 Å². The van der Waals surface area contributed by atoms with E-state index in [1.165, 1.54) is 16.6 Å². The van der Waals surface area contributed by atoms with Gasteiger partial charge in [-0.1, -0.05) is 49.6 Å². The van der Waals surface area contributed by atoms with E-state index in [0.717, 1.165) is 53.9 Å². The van der Waals surface area contributed by atoms with Crippen molar-refractivity contribution in [3.05, 3.63) is 59.6 Å². The second-order valence-electron chi connectivity index (χ2n) is 14.0. The first-order chi connectivity index (χ1) is 23.3. The number of carbonyl (C=O) groups is 3. The lowest BCUT2D eigenvalue weighted by molar-refractivity contribution is -0.121. The molecule has 2 aliphatic heterocycles. The highest BCUT2D eigenvalue weighted by Crippen LogP contribution is 2.42. The monoisotopic (exact) mass is 709 g/mol. The van der Waals surface area contributed by atoms with Gasteiger partial charge in [0.15, 0.2) is 0 Å². The Hall–Kier alpha value is -4.01. The summed E-state index contributed by atoms with van der Waals surface area (Å²) in [6, 6.07) is 13.7. The van der Waals surface area contributed by atoms with E-state index < -0.39 is 46.2 Å². The van der Waals surface area contributed by atoms with Crippen molar-refractivity contribution < 1.29 is 32.6 Å². The van der Waals surface area contributed by atoms with Crippen LogP contribution in [-0.2, 0) is 19.6 Å². The van der Waals surface area contributed by atoms with Crippen molar-refractivity contribution in [2.24, 2.45) is 5.92 Å². The van der Waals surface area contributed by atoms with E-state index in [-0.39, 0.29) is 28.3 Å². The molecule has 0 bridgehead atoms. The smallest absolute Gasteiger partial charge is 0.407 e. The van der Waals surface area contributed by atoms with Crippen molar-refractivity contribution in [3.63, 3.8) is 0 Å². The summed E-state index contributed by atoms with van der Waals surface area (Å²) in [5.41, 5.74) is 0.574. The van der Waals surface area contributed by atoms with E-state index in [1.54, 1.807) is 37.8 Å². The van der Waals surface area contributed by atoms with E-state index >= 15 is 0 Å². The van der Waals surface area contributed by atoms with Gasteiger partial charge in [-0.15, -0.1) is 11.3 Å². The molecule has 1 saturated carbocycles. The van der Waals surface area contributed by atoms with Crippen LogP contribution in [0.4, 0.5) is 16.3 Å². The van der Waals surface area contributed by atoms with Gasteiger partial charge in [-0.2, -0.15) is 4.31 Å². The molecule has 4 heterocycles. The number of sulfonamides is 1. The minimum absolute atomic E-state index is 0.0179. The van der Waals surface area contributed by atoms with Gasteiger partial charge in [0.1, 0.15) is 21.2 Å². The van der Waals surface area contributed by atoms with Crippen LogP contribution < -0.4 is 15.1 Å². The highest BCUT2D eigenvalue weighted by Gasteiger charge is 2.44. The molecule has 1 aliphatic carbocycles. The number of aromatic carboxylic acids is 1. The first-order valence-electron chi connectivity index (χ1n) is 16.8. The average molecular weight is 710 g/mol. The van der Waals surface area contributed by atoms with Crippen LogP contribution in [-0.4, -0.2) is 84.6 Å². The summed E-state index contributed by atoms with van der Waals surface area (Å²) < 4.78 is 34.7. The molecule has 0 radical (unpaired) electrons.